The Kier molecular flexibility index (Phi) is 2.89. The van der Waals surface area contributed by atoms with Gasteiger partial charge in [0.1, 0.15) is 5.69 Å². The highest BCUT2D eigenvalue weighted by atomic mass is 127. The molecule has 0 aliphatic carbocycles. The molecule has 0 radical (unpaired) electrons. The molecule has 0 saturated heterocycles. The summed E-state index contributed by atoms with van der Waals surface area (Å²) < 4.78 is 6.05. The number of aromatic nitrogens is 3. The van der Waals surface area contributed by atoms with Gasteiger partial charge in [-0.25, -0.2) is 4.98 Å². The molecule has 0 fully saturated rings. The summed E-state index contributed by atoms with van der Waals surface area (Å²) in [6.07, 6.45) is 1.74. The fourth-order valence-electron chi connectivity index (χ4n) is 0.817. The van der Waals surface area contributed by atoms with Crippen molar-refractivity contribution < 1.29 is 0 Å². The van der Waals surface area contributed by atoms with E-state index in [-0.39, 0.29) is 0 Å². The Morgan fingerprint density at radius 3 is 2.77 bits per heavy atom. The molecule has 0 unspecified atom stereocenters. The first-order valence-corrected chi connectivity index (χ1v) is 6.01. The van der Waals surface area contributed by atoms with Crippen molar-refractivity contribution in [1.82, 2.24) is 14.3 Å². The Bertz CT molecular complexity index is 414. The van der Waals surface area contributed by atoms with Gasteiger partial charge in [-0.3, -0.25) is 4.98 Å². The monoisotopic (exact) mass is 367 g/mol. The highest BCUT2D eigenvalue weighted by Crippen LogP contribution is 2.18. The maximum absolute atomic E-state index is 4.23. The van der Waals surface area contributed by atoms with Crippen LogP contribution >= 0.6 is 50.1 Å². The van der Waals surface area contributed by atoms with Gasteiger partial charge in [0.05, 0.1) is 0 Å². The zero-order valence-electron chi connectivity index (χ0n) is 6.24. The number of pyridine rings is 1. The average molecular weight is 368 g/mol. The van der Waals surface area contributed by atoms with Gasteiger partial charge in [0.25, 0.3) is 0 Å². The molecule has 0 saturated carbocycles. The van der Waals surface area contributed by atoms with Gasteiger partial charge >= 0.3 is 0 Å². The molecule has 0 amide bonds. The van der Waals surface area contributed by atoms with Gasteiger partial charge < -0.3 is 0 Å². The highest BCUT2D eigenvalue weighted by Gasteiger charge is 2.04. The van der Waals surface area contributed by atoms with Crippen LogP contribution in [0.3, 0.4) is 0 Å². The van der Waals surface area contributed by atoms with Gasteiger partial charge in [-0.1, -0.05) is 0 Å². The fourth-order valence-corrected chi connectivity index (χ4v) is 2.00. The normalized spacial score (nSPS) is 10.3. The number of hydrogen-bond donors (Lipinski definition) is 0. The minimum atomic E-state index is 0.696. The van der Waals surface area contributed by atoms with Crippen molar-refractivity contribution >= 4 is 50.1 Å². The first-order chi connectivity index (χ1) is 6.25. The van der Waals surface area contributed by atoms with Crippen LogP contribution in [0.15, 0.2) is 22.8 Å². The summed E-state index contributed by atoms with van der Waals surface area (Å²) in [6, 6.07) is 3.82. The van der Waals surface area contributed by atoms with Crippen LogP contribution in [-0.4, -0.2) is 14.3 Å². The van der Waals surface area contributed by atoms with E-state index >= 15 is 0 Å². The molecule has 6 heteroatoms. The Labute approximate surface area is 101 Å². The number of halogens is 2. The van der Waals surface area contributed by atoms with Crippen molar-refractivity contribution in [3.05, 3.63) is 25.8 Å². The van der Waals surface area contributed by atoms with E-state index in [1.807, 2.05) is 12.1 Å². The van der Waals surface area contributed by atoms with Gasteiger partial charge in [-0.2, -0.15) is 4.37 Å². The second kappa shape index (κ2) is 3.97. The van der Waals surface area contributed by atoms with E-state index in [0.29, 0.717) is 5.82 Å². The molecule has 0 spiro atoms. The van der Waals surface area contributed by atoms with Crippen molar-refractivity contribution in [2.24, 2.45) is 0 Å². The molecule has 0 aromatic carbocycles. The van der Waals surface area contributed by atoms with Gasteiger partial charge in [-0.15, -0.1) is 0 Å². The number of rotatable bonds is 1. The lowest BCUT2D eigenvalue weighted by molar-refractivity contribution is 1.22. The Morgan fingerprint density at radius 2 is 2.23 bits per heavy atom. The molecule has 0 atom stereocenters. The van der Waals surface area contributed by atoms with Crippen LogP contribution in [0.25, 0.3) is 11.5 Å². The molecule has 2 heterocycles. The summed E-state index contributed by atoms with van der Waals surface area (Å²) in [5.74, 6) is 0.696. The van der Waals surface area contributed by atoms with Crippen LogP contribution < -0.4 is 0 Å². The van der Waals surface area contributed by atoms with Gasteiger partial charge in [0.2, 0.25) is 0 Å². The number of nitrogens with zero attached hydrogens (tertiary/aromatic N) is 3. The molecule has 13 heavy (non-hydrogen) atoms. The summed E-state index contributed by atoms with van der Waals surface area (Å²) in [7, 11) is 0. The molecule has 2 rings (SSSR count). The van der Waals surface area contributed by atoms with E-state index in [2.05, 4.69) is 52.9 Å². The van der Waals surface area contributed by atoms with Crippen molar-refractivity contribution in [3.63, 3.8) is 0 Å². The second-order valence-corrected chi connectivity index (χ2v) is 5.65. The zero-order chi connectivity index (χ0) is 9.26. The topological polar surface area (TPSA) is 38.7 Å². The summed E-state index contributed by atoms with van der Waals surface area (Å²) in [5, 5.41) is 0. The highest BCUT2D eigenvalue weighted by molar-refractivity contribution is 14.1. The third kappa shape index (κ3) is 2.23. The van der Waals surface area contributed by atoms with Crippen LogP contribution in [-0.2, 0) is 0 Å². The fraction of sp³-hybridized carbons (Fsp3) is 0. The third-order valence-electron chi connectivity index (χ3n) is 1.36. The lowest BCUT2D eigenvalue weighted by Gasteiger charge is -1.92. The van der Waals surface area contributed by atoms with E-state index in [1.165, 1.54) is 11.5 Å². The SMILES string of the molecule is Brc1ccc(-c2nsc(I)n2)nc1. The van der Waals surface area contributed by atoms with Gasteiger partial charge in [-0.05, 0) is 62.2 Å². The Hall–Kier alpha value is -0.0800. The van der Waals surface area contributed by atoms with Crippen LogP contribution in [0.1, 0.15) is 0 Å². The van der Waals surface area contributed by atoms with Crippen molar-refractivity contribution in [2.75, 3.05) is 0 Å². The van der Waals surface area contributed by atoms with E-state index in [0.717, 1.165) is 13.2 Å². The maximum Gasteiger partial charge on any atom is 0.192 e. The van der Waals surface area contributed by atoms with Crippen molar-refractivity contribution in [1.29, 1.82) is 0 Å². The standard InChI is InChI=1S/C7H3BrIN3S/c8-4-1-2-5(10-3-4)6-11-7(9)13-12-6/h1-3H. The van der Waals surface area contributed by atoms with Crippen molar-refractivity contribution in [2.45, 2.75) is 0 Å². The predicted octanol–water partition coefficient (Wildman–Crippen LogP) is 2.97. The third-order valence-corrected chi connectivity index (χ3v) is 3.17. The minimum Gasteiger partial charge on any atom is -0.252 e. The molecule has 0 aliphatic heterocycles. The van der Waals surface area contributed by atoms with Gasteiger partial charge in [0, 0.05) is 10.7 Å². The van der Waals surface area contributed by atoms with Crippen molar-refractivity contribution in [3.8, 4) is 11.5 Å². The number of hydrogen-bond acceptors (Lipinski definition) is 4. The molecule has 3 nitrogen and oxygen atoms in total. The first kappa shape index (κ1) is 9.47. The molecule has 0 bridgehead atoms. The van der Waals surface area contributed by atoms with Crippen LogP contribution in [0.5, 0.6) is 0 Å². The first-order valence-electron chi connectivity index (χ1n) is 3.37. The van der Waals surface area contributed by atoms with Gasteiger partial charge in [0.15, 0.2) is 8.84 Å². The largest absolute Gasteiger partial charge is 0.252 e. The van der Waals surface area contributed by atoms with E-state index in [4.69, 9.17) is 0 Å². The lowest BCUT2D eigenvalue weighted by atomic mass is 10.3. The summed E-state index contributed by atoms with van der Waals surface area (Å²) >= 11 is 6.84. The molecule has 66 valence electrons. The van der Waals surface area contributed by atoms with Crippen LogP contribution in [0.4, 0.5) is 0 Å². The molecule has 2 aromatic heterocycles. The molecular weight excluding hydrogens is 365 g/mol. The molecular formula is C7H3BrIN3S. The molecule has 0 aliphatic rings. The minimum absolute atomic E-state index is 0.696. The molecule has 0 N–H and O–H groups in total. The Balaban J connectivity index is 2.41. The van der Waals surface area contributed by atoms with E-state index in [1.54, 1.807) is 6.20 Å². The second-order valence-electron chi connectivity index (χ2n) is 2.23. The lowest BCUT2D eigenvalue weighted by Crippen LogP contribution is -1.84. The van der Waals surface area contributed by atoms with Crippen LogP contribution in [0, 0.1) is 3.01 Å². The predicted molar refractivity (Wildman–Crippen MR) is 63.6 cm³/mol. The summed E-state index contributed by atoms with van der Waals surface area (Å²) in [4.78, 5) is 8.42. The molecule has 2 aromatic rings. The van der Waals surface area contributed by atoms with E-state index in [9.17, 15) is 0 Å². The quantitative estimate of drug-likeness (QED) is 0.727. The summed E-state index contributed by atoms with van der Waals surface area (Å²) in [6.45, 7) is 0. The zero-order valence-corrected chi connectivity index (χ0v) is 10.8. The smallest absolute Gasteiger partial charge is 0.192 e. The Morgan fingerprint density at radius 1 is 1.38 bits per heavy atom. The van der Waals surface area contributed by atoms with E-state index < -0.39 is 0 Å². The maximum atomic E-state index is 4.23. The summed E-state index contributed by atoms with van der Waals surface area (Å²) in [5.41, 5.74) is 0.808. The van der Waals surface area contributed by atoms with Crippen LogP contribution in [0.2, 0.25) is 0 Å². The average Bonchev–Trinajstić information content (AvgIpc) is 2.53.